The van der Waals surface area contributed by atoms with Gasteiger partial charge in [-0.15, -0.1) is 0 Å². The van der Waals surface area contributed by atoms with Gasteiger partial charge in [0.05, 0.1) is 50.3 Å². The van der Waals surface area contributed by atoms with E-state index in [1.807, 2.05) is 12.1 Å². The first-order chi connectivity index (χ1) is 53.2. The second-order valence-electron chi connectivity index (χ2n) is 23.6. The van der Waals surface area contributed by atoms with E-state index in [1.54, 1.807) is 36.4 Å². The van der Waals surface area contributed by atoms with Crippen molar-refractivity contribution >= 4 is 178 Å². The van der Waals surface area contributed by atoms with Crippen molar-refractivity contribution in [3.63, 3.8) is 0 Å². The fourth-order valence-electron chi connectivity index (χ4n) is 11.2. The largest absolute Gasteiger partial charge is 1.00 e. The molecule has 0 saturated heterocycles. The molecule has 5 N–H and O–H groups in total. The fraction of sp³-hybridized carbons (Fsp3) is 0. The first-order valence-corrected chi connectivity index (χ1v) is 46.3. The van der Waals surface area contributed by atoms with Crippen LogP contribution < -0.4 is 325 Å². The Balaban J connectivity index is -0.00000144. The zero-order valence-corrected chi connectivity index (χ0v) is 98.6. The molecule has 0 bridgehead atoms. The number of rotatable bonds is 11. The Labute approximate surface area is 969 Å². The Morgan fingerprint density at radius 3 is 0.874 bits per heavy atom. The fourth-order valence-corrected chi connectivity index (χ4v) is 17.9. The van der Waals surface area contributed by atoms with Crippen molar-refractivity contribution < 1.29 is 487 Å². The second kappa shape index (κ2) is 51.5. The molecule has 0 fully saturated rings. The van der Waals surface area contributed by atoms with Gasteiger partial charge in [-0.3, -0.25) is 41.9 Å². The van der Waals surface area contributed by atoms with Crippen LogP contribution in [0.25, 0.3) is 43.1 Å². The van der Waals surface area contributed by atoms with Crippen LogP contribution >= 0.6 is 0 Å². The molecule has 0 amide bonds. The number of hydrogen-bond acceptors (Lipinski definition) is 32. The van der Waals surface area contributed by atoms with Crippen LogP contribution in [0.2, 0.25) is 0 Å². The van der Waals surface area contributed by atoms with E-state index in [4.69, 9.17) is 18.2 Å². The van der Waals surface area contributed by atoms with E-state index < -0.39 is 195 Å². The van der Waals surface area contributed by atoms with Gasteiger partial charge in [0.15, 0.2) is 23.1 Å². The van der Waals surface area contributed by atoms with Gasteiger partial charge in [-0.1, -0.05) is 121 Å². The molecule has 0 spiro atoms. The average molecular weight is 2060 g/mol. The molecule has 0 saturated carbocycles. The van der Waals surface area contributed by atoms with Crippen molar-refractivity contribution in [1.29, 1.82) is 0 Å². The van der Waals surface area contributed by atoms with Crippen molar-refractivity contribution in [3.05, 3.63) is 269 Å². The zero-order chi connectivity index (χ0) is 86.6. The summed E-state index contributed by atoms with van der Waals surface area (Å²) in [6, 6.07) is 45.6. The first-order valence-electron chi connectivity index (χ1n) is 30.6. The standard InChI is InChI=1S/C14H8O8S2.C14H8O5S.C10H8O9S3.2C10H8O6S2.C10H8O3S.11Na/c15-13-7-3-1-5-9(23(17,18)19)11(7)14(16)8-4-2-6-10(12(8)13)24(20,21)22;15-13-9-3-1-2-4-10(9)14(16)12-7-8(20(17,18)19)5-6-11(12)13;11-20(12,13)7-1-2-9-6(3-7)4-8(21(14,15)16)5-10(9)22(17,18)19;11-17(12,13)9-3-1-7-5-10(18(14,15)16)4-2-8(7)6-9;11-17(12,13)9-5-1-3-7-8(9)4-2-6-10(7)18(14,15)16;11-14(12,13)10-6-5-8-3-1-2-4-9(8)7-10;;;;;;;;;;;/h1-6H,(H,17,18,19)(H,20,21,22);1-7H,(H,17,18,19);1-5H,(H,11,12,13)(H,14,15,16)(H,17,18,19);2*1-6H,(H,11,12,13)(H,14,15,16);1-7H,(H,11,12,13);;;;;;;;;;;/q;;;;;;11*+1/p-6. The molecule has 0 atom stereocenters. The zero-order valence-electron chi connectivity index (χ0n) is 67.7. The summed E-state index contributed by atoms with van der Waals surface area (Å²) < 4.78 is 355. The minimum absolute atomic E-state index is 0. The molecule has 59 heteroatoms. The Kier molecular flexibility index (Phi) is 53.3. The minimum atomic E-state index is -5.08. The molecule has 0 aromatic heterocycles. The van der Waals surface area contributed by atoms with Crippen LogP contribution in [0.3, 0.4) is 0 Å². The summed E-state index contributed by atoms with van der Waals surface area (Å²) in [7, 11) is -51.5. The molecule has 0 unspecified atom stereocenters. The maximum absolute atomic E-state index is 12.6. The van der Waals surface area contributed by atoms with E-state index in [2.05, 4.69) is 0 Å². The summed E-state index contributed by atoms with van der Waals surface area (Å²) in [5.74, 6) is -2.73. The van der Waals surface area contributed by atoms with Crippen molar-refractivity contribution in [1.82, 2.24) is 0 Å². The summed E-state index contributed by atoms with van der Waals surface area (Å²) in [6.45, 7) is 0. The molecular weight excluding hydrogens is 2010 g/mol. The maximum Gasteiger partial charge on any atom is 1.00 e. The van der Waals surface area contributed by atoms with Gasteiger partial charge in [0, 0.05) is 49.5 Å². The quantitative estimate of drug-likeness (QED) is 0.0593. The SMILES string of the molecule is O=C1c2cccc(S(=O)(=O)O)c2C(=O)c2cccc(S(=O)(=O)[O-])c21.O=C1c2ccccc2C(=O)c2cc(S(=O)(=O)O)ccc21.O=S(=O)([O-])c1ccc2c(S(=O)(=O)O)cc(S(=O)(=O)[O-])cc2c1.O=S(=O)([O-])c1ccc2cc(S(=O)(=O)O)ccc2c1.O=S(=O)([O-])c1ccc2ccccc2c1.O=S(=O)([O-])c1cccc2c(S(=O)(=O)O)cccc12.[Na+].[Na+].[Na+].[Na+].[Na+].[Na+].[Na+].[Na+].[Na+].[Na+].[Na+]. The predicted molar refractivity (Wildman–Crippen MR) is 392 cm³/mol. The maximum atomic E-state index is 12.6. The van der Waals surface area contributed by atoms with Gasteiger partial charge >= 0.3 is 325 Å². The minimum Gasteiger partial charge on any atom is -0.744 e. The Morgan fingerprint density at radius 2 is 0.465 bits per heavy atom. The monoisotopic (exact) mass is 2050 g/mol. The van der Waals surface area contributed by atoms with E-state index in [1.165, 1.54) is 66.7 Å². The van der Waals surface area contributed by atoms with Gasteiger partial charge < -0.3 is 27.3 Å². The van der Waals surface area contributed by atoms with Gasteiger partial charge in [-0.2, -0.15) is 42.1 Å². The number of hydrogen-bond donors (Lipinski definition) is 5. The molecule has 37 nitrogen and oxygen atoms in total. The van der Waals surface area contributed by atoms with Gasteiger partial charge in [-0.25, -0.2) is 50.5 Å². The molecule has 0 heterocycles. The van der Waals surface area contributed by atoms with E-state index in [-0.39, 0.29) is 379 Å². The first kappa shape index (κ1) is 131. The normalized spacial score (nSPS) is 12.1. The van der Waals surface area contributed by atoms with E-state index in [0.29, 0.717) is 34.5 Å². The average Bonchev–Trinajstić information content (AvgIpc) is 0.731. The molecule has 127 heavy (non-hydrogen) atoms. The van der Waals surface area contributed by atoms with Crippen molar-refractivity contribution in [2.75, 3.05) is 0 Å². The van der Waals surface area contributed by atoms with Crippen LogP contribution in [0.1, 0.15) is 63.7 Å². The molecule has 0 radical (unpaired) electrons. The third-order valence-corrected chi connectivity index (χ3v) is 25.7. The van der Waals surface area contributed by atoms with Gasteiger partial charge in [0.1, 0.15) is 75.4 Å². The molecule has 608 valence electrons. The summed E-state index contributed by atoms with van der Waals surface area (Å²) in [6.07, 6.45) is 0. The van der Waals surface area contributed by atoms with Gasteiger partial charge in [-0.05, 0) is 130 Å². The number of fused-ring (bicyclic) bond motifs is 8. The van der Waals surface area contributed by atoms with Crippen molar-refractivity contribution in [3.8, 4) is 0 Å². The van der Waals surface area contributed by atoms with E-state index in [0.717, 1.165) is 102 Å². The molecule has 2 aliphatic rings. The Hall–Kier alpha value is 0.370. The molecule has 12 aromatic rings. The Morgan fingerprint density at radius 1 is 0.181 bits per heavy atom. The number of benzene rings is 12. The van der Waals surface area contributed by atoms with Crippen molar-refractivity contribution in [2.24, 2.45) is 0 Å². The number of ketones is 4. The molecule has 2 aliphatic carbocycles. The van der Waals surface area contributed by atoms with Crippen molar-refractivity contribution in [2.45, 2.75) is 53.9 Å². The molecule has 12 aromatic carbocycles. The van der Waals surface area contributed by atoms with Crippen LogP contribution in [0.15, 0.2) is 278 Å². The third kappa shape index (κ3) is 33.6. The summed E-state index contributed by atoms with van der Waals surface area (Å²) in [4.78, 5) is 43.2. The second-order valence-corrected chi connectivity index (χ2v) is 38.8. The molecule has 0 aliphatic heterocycles. The number of carbonyl (C=O) groups excluding carboxylic acids is 4. The van der Waals surface area contributed by atoms with Crippen LogP contribution in [0, 0.1) is 0 Å². The topological polar surface area (TPSA) is 683 Å². The third-order valence-electron chi connectivity index (χ3n) is 16.2. The number of carbonyl (C=O) groups is 4. The predicted octanol–water partition coefficient (Wildman–Crippen LogP) is -27.0. The van der Waals surface area contributed by atoms with Gasteiger partial charge in [0.25, 0.3) is 50.6 Å². The molecule has 14 rings (SSSR count). The molecular formula is C68H42Na11O37S11+5. The summed E-state index contributed by atoms with van der Waals surface area (Å²) in [5, 5.41) is 1.84. The van der Waals surface area contributed by atoms with E-state index >= 15 is 0 Å². The van der Waals surface area contributed by atoms with Crippen LogP contribution in [0.5, 0.6) is 0 Å². The smallest absolute Gasteiger partial charge is 0.744 e. The summed E-state index contributed by atoms with van der Waals surface area (Å²) in [5.41, 5.74) is -1.32. The Bertz CT molecular complexity index is 7420. The van der Waals surface area contributed by atoms with Gasteiger partial charge in [0.2, 0.25) is 0 Å². The van der Waals surface area contributed by atoms with Crippen LogP contribution in [-0.2, 0) is 111 Å². The van der Waals surface area contributed by atoms with Crippen LogP contribution in [-0.4, -0.2) is 166 Å². The summed E-state index contributed by atoms with van der Waals surface area (Å²) >= 11 is 0. The van der Waals surface area contributed by atoms with Crippen LogP contribution in [0.4, 0.5) is 0 Å². The van der Waals surface area contributed by atoms with E-state index in [9.17, 15) is 144 Å².